The van der Waals surface area contributed by atoms with E-state index in [4.69, 9.17) is 9.97 Å². The highest BCUT2D eigenvalue weighted by molar-refractivity contribution is 7.25. The van der Waals surface area contributed by atoms with E-state index in [9.17, 15) is 0 Å². The van der Waals surface area contributed by atoms with Crippen LogP contribution < -0.4 is 0 Å². The highest BCUT2D eigenvalue weighted by atomic mass is 32.1. The van der Waals surface area contributed by atoms with Crippen molar-refractivity contribution < 1.29 is 0 Å². The fourth-order valence-corrected chi connectivity index (χ4v) is 9.04. The van der Waals surface area contributed by atoms with Crippen molar-refractivity contribution in [3.8, 4) is 56.2 Å². The zero-order valence-corrected chi connectivity index (χ0v) is 28.6. The summed E-state index contributed by atoms with van der Waals surface area (Å²) in [4.78, 5) is 10.5. The lowest BCUT2D eigenvalue weighted by molar-refractivity contribution is 0.661. The van der Waals surface area contributed by atoms with E-state index in [0.29, 0.717) is 0 Å². The zero-order chi connectivity index (χ0) is 33.4. The van der Waals surface area contributed by atoms with Gasteiger partial charge >= 0.3 is 0 Å². The van der Waals surface area contributed by atoms with E-state index in [1.807, 2.05) is 17.4 Å². The fraction of sp³-hybridized carbons (Fsp3) is 0.0638. The SMILES string of the molecule is CC1(C)c2cc3ccccc3cc2-c2c(-c3cc(-c4cccc(-c5ccc6c(c5)sc5ccccc56)c4)nc(-c4ccccc4)n3)cccc21. The predicted molar refractivity (Wildman–Crippen MR) is 212 cm³/mol. The van der Waals surface area contributed by atoms with Gasteiger partial charge in [0, 0.05) is 42.3 Å². The molecule has 9 aromatic rings. The van der Waals surface area contributed by atoms with Crippen LogP contribution in [0.2, 0.25) is 0 Å². The lowest BCUT2D eigenvalue weighted by atomic mass is 9.81. The van der Waals surface area contributed by atoms with Gasteiger partial charge < -0.3 is 0 Å². The number of hydrogen-bond acceptors (Lipinski definition) is 3. The molecule has 0 bridgehead atoms. The van der Waals surface area contributed by atoms with Gasteiger partial charge in [0.1, 0.15) is 0 Å². The van der Waals surface area contributed by atoms with Gasteiger partial charge in [0.2, 0.25) is 0 Å². The van der Waals surface area contributed by atoms with E-state index in [0.717, 1.165) is 33.9 Å². The van der Waals surface area contributed by atoms with Gasteiger partial charge in [-0.3, -0.25) is 0 Å². The second kappa shape index (κ2) is 11.1. The summed E-state index contributed by atoms with van der Waals surface area (Å²) >= 11 is 1.85. The first-order valence-corrected chi connectivity index (χ1v) is 18.0. The van der Waals surface area contributed by atoms with Crippen molar-refractivity contribution in [1.82, 2.24) is 9.97 Å². The lowest BCUT2D eigenvalue weighted by Crippen LogP contribution is -2.14. The first-order chi connectivity index (χ1) is 24.5. The van der Waals surface area contributed by atoms with E-state index >= 15 is 0 Å². The Hall–Kier alpha value is -5.90. The first-order valence-electron chi connectivity index (χ1n) is 17.2. The standard InChI is InChI=1S/C47H32N2S/c1-47(2)39-20-11-19-37(45(39)38-25-31-14-6-7-15-32(31)26-40(38)47)42-28-41(48-46(49-42)29-12-4-3-5-13-29)34-17-10-16-30(24-34)33-22-23-36-35-18-8-9-21-43(35)50-44(36)27-33/h3-28H,1-2H3. The number of thiophene rings is 1. The molecule has 0 saturated carbocycles. The van der Waals surface area contributed by atoms with Gasteiger partial charge in [-0.05, 0) is 80.6 Å². The highest BCUT2D eigenvalue weighted by Gasteiger charge is 2.37. The topological polar surface area (TPSA) is 25.8 Å². The maximum atomic E-state index is 5.29. The molecule has 0 saturated heterocycles. The average molecular weight is 657 g/mol. The van der Waals surface area contributed by atoms with Crippen LogP contribution in [-0.4, -0.2) is 9.97 Å². The van der Waals surface area contributed by atoms with Gasteiger partial charge in [-0.25, -0.2) is 9.97 Å². The molecule has 7 aromatic carbocycles. The van der Waals surface area contributed by atoms with Crippen LogP contribution in [0, 0.1) is 0 Å². The number of aromatic nitrogens is 2. The van der Waals surface area contributed by atoms with Crippen molar-refractivity contribution in [2.45, 2.75) is 19.3 Å². The van der Waals surface area contributed by atoms with Crippen LogP contribution >= 0.6 is 11.3 Å². The van der Waals surface area contributed by atoms with Crippen LogP contribution in [0.4, 0.5) is 0 Å². The Labute approximate surface area is 295 Å². The normalized spacial score (nSPS) is 13.2. The van der Waals surface area contributed by atoms with Crippen LogP contribution in [-0.2, 0) is 5.41 Å². The molecule has 0 fully saturated rings. The van der Waals surface area contributed by atoms with Gasteiger partial charge in [0.15, 0.2) is 5.82 Å². The molecule has 2 aromatic heterocycles. The smallest absolute Gasteiger partial charge is 0.160 e. The molecule has 3 heteroatoms. The quantitative estimate of drug-likeness (QED) is 0.188. The van der Waals surface area contributed by atoms with Crippen LogP contribution in [0.5, 0.6) is 0 Å². The molecule has 0 aliphatic heterocycles. The monoisotopic (exact) mass is 656 g/mol. The van der Waals surface area contributed by atoms with E-state index in [-0.39, 0.29) is 5.41 Å². The molecule has 0 N–H and O–H groups in total. The lowest BCUT2D eigenvalue weighted by Gasteiger charge is -2.22. The van der Waals surface area contributed by atoms with Gasteiger partial charge in [-0.15, -0.1) is 11.3 Å². The van der Waals surface area contributed by atoms with Crippen molar-refractivity contribution in [3.63, 3.8) is 0 Å². The summed E-state index contributed by atoms with van der Waals surface area (Å²) in [5, 5.41) is 5.16. The van der Waals surface area contributed by atoms with Crippen LogP contribution in [0.25, 0.3) is 87.1 Å². The van der Waals surface area contributed by atoms with Crippen molar-refractivity contribution in [2.75, 3.05) is 0 Å². The van der Waals surface area contributed by atoms with Crippen LogP contribution in [0.1, 0.15) is 25.0 Å². The summed E-state index contributed by atoms with van der Waals surface area (Å²) in [6.07, 6.45) is 0. The van der Waals surface area contributed by atoms with Crippen molar-refractivity contribution >= 4 is 42.3 Å². The summed E-state index contributed by atoms with van der Waals surface area (Å²) < 4.78 is 2.63. The van der Waals surface area contributed by atoms with Crippen molar-refractivity contribution in [3.05, 3.63) is 169 Å². The Balaban J connectivity index is 1.15. The summed E-state index contributed by atoms with van der Waals surface area (Å²) in [5.74, 6) is 0.726. The summed E-state index contributed by atoms with van der Waals surface area (Å²) in [7, 11) is 0. The van der Waals surface area contributed by atoms with Gasteiger partial charge in [0.05, 0.1) is 11.4 Å². The second-order valence-corrected chi connectivity index (χ2v) is 14.9. The third-order valence-corrected chi connectivity index (χ3v) is 11.6. The second-order valence-electron chi connectivity index (χ2n) is 13.8. The molecule has 2 heterocycles. The van der Waals surface area contributed by atoms with Gasteiger partial charge in [-0.2, -0.15) is 0 Å². The minimum absolute atomic E-state index is 0.132. The summed E-state index contributed by atoms with van der Waals surface area (Å²) in [5.41, 5.74) is 12.5. The van der Waals surface area contributed by atoms with E-state index < -0.39 is 0 Å². The fourth-order valence-electron chi connectivity index (χ4n) is 7.90. The van der Waals surface area contributed by atoms with Gasteiger partial charge in [0.25, 0.3) is 0 Å². The Morgan fingerprint density at radius 3 is 2.00 bits per heavy atom. The zero-order valence-electron chi connectivity index (χ0n) is 27.8. The van der Waals surface area contributed by atoms with E-state index in [1.54, 1.807) is 0 Å². The Morgan fingerprint density at radius 1 is 0.440 bits per heavy atom. The first kappa shape index (κ1) is 29.1. The third-order valence-electron chi connectivity index (χ3n) is 10.5. The number of nitrogens with zero attached hydrogens (tertiary/aromatic N) is 2. The van der Waals surface area contributed by atoms with Gasteiger partial charge in [-0.1, -0.05) is 135 Å². The molecular formula is C47H32N2S. The number of fused-ring (bicyclic) bond motifs is 7. The molecule has 1 aliphatic rings. The number of benzene rings is 7. The molecular weight excluding hydrogens is 625 g/mol. The summed E-state index contributed by atoms with van der Waals surface area (Å²) in [6.45, 7) is 4.69. The maximum absolute atomic E-state index is 5.29. The van der Waals surface area contributed by atoms with Crippen molar-refractivity contribution in [2.24, 2.45) is 0 Å². The Kier molecular flexibility index (Phi) is 6.43. The molecule has 2 nitrogen and oxygen atoms in total. The molecule has 10 rings (SSSR count). The molecule has 0 atom stereocenters. The molecule has 50 heavy (non-hydrogen) atoms. The predicted octanol–water partition coefficient (Wildman–Crippen LogP) is 13.0. The number of rotatable bonds is 4. The van der Waals surface area contributed by atoms with Crippen molar-refractivity contribution in [1.29, 1.82) is 0 Å². The molecule has 1 aliphatic carbocycles. The Morgan fingerprint density at radius 2 is 1.12 bits per heavy atom. The van der Waals surface area contributed by atoms with Crippen LogP contribution in [0.15, 0.2) is 158 Å². The summed E-state index contributed by atoms with van der Waals surface area (Å²) in [6, 6.07) is 57.0. The van der Waals surface area contributed by atoms with E-state index in [1.165, 1.54) is 64.3 Å². The van der Waals surface area contributed by atoms with E-state index in [2.05, 4.69) is 166 Å². The highest BCUT2D eigenvalue weighted by Crippen LogP contribution is 2.53. The minimum atomic E-state index is -0.132. The molecule has 0 amide bonds. The largest absolute Gasteiger partial charge is 0.228 e. The minimum Gasteiger partial charge on any atom is -0.228 e. The third kappa shape index (κ3) is 4.54. The molecule has 0 radical (unpaired) electrons. The molecule has 0 spiro atoms. The molecule has 236 valence electrons. The number of hydrogen-bond donors (Lipinski definition) is 0. The average Bonchev–Trinajstić information content (AvgIpc) is 3.65. The van der Waals surface area contributed by atoms with Crippen LogP contribution in [0.3, 0.4) is 0 Å². The maximum Gasteiger partial charge on any atom is 0.160 e. The molecule has 0 unspecified atom stereocenters. The Bertz CT molecular complexity index is 2790.